The van der Waals surface area contributed by atoms with Gasteiger partial charge in [0.1, 0.15) is 0 Å². The fourth-order valence-electron chi connectivity index (χ4n) is 9.72. The number of aromatic nitrogens is 4. The van der Waals surface area contributed by atoms with E-state index in [0.29, 0.717) is 0 Å². The van der Waals surface area contributed by atoms with Crippen LogP contribution in [-0.4, -0.2) is 19.9 Å². The van der Waals surface area contributed by atoms with Gasteiger partial charge in [-0.2, -0.15) is 0 Å². The Hall–Kier alpha value is -11.2. The molecule has 0 spiro atoms. The van der Waals surface area contributed by atoms with Crippen LogP contribution >= 0.6 is 0 Å². The Morgan fingerprint density at radius 1 is 0.161 bits per heavy atom. The zero-order chi connectivity index (χ0) is 110. The molecule has 0 saturated heterocycles. The molecule has 4 heterocycles. The molecule has 0 unspecified atom stereocenters. The Balaban J connectivity index is -0.0000000831. The van der Waals surface area contributed by atoms with Crippen molar-refractivity contribution in [3.05, 3.63) is 386 Å². The first-order valence-corrected chi connectivity index (χ1v) is 54.1. The molecule has 770 valence electrons. The number of pyridine rings is 4. The Morgan fingerprint density at radius 2 is 0.445 bits per heavy atom. The van der Waals surface area contributed by atoms with E-state index in [-0.39, 0.29) is 0 Å². The molecule has 0 bridgehead atoms. The van der Waals surface area contributed by atoms with Gasteiger partial charge in [-0.15, -0.1) is 0 Å². The fraction of sp³-hybridized carbons (Fsp3) is 0.398. The van der Waals surface area contributed by atoms with Gasteiger partial charge in [-0.05, 0) is 131 Å². The summed E-state index contributed by atoms with van der Waals surface area (Å²) < 4.78 is 0. The third-order valence-electron chi connectivity index (χ3n) is 14.5. The van der Waals surface area contributed by atoms with E-state index in [1.807, 2.05) is 474 Å². The lowest BCUT2D eigenvalue weighted by Crippen LogP contribution is -1.85. The van der Waals surface area contributed by atoms with Crippen molar-refractivity contribution < 1.29 is 0 Å². The van der Waals surface area contributed by atoms with E-state index in [9.17, 15) is 0 Å². The smallest absolute Gasteiger partial charge is 0.0731 e. The topological polar surface area (TPSA) is 51.6 Å². The number of benzene rings is 11. The molecule has 0 saturated carbocycles. The molecule has 0 aliphatic carbocycles. The lowest BCUT2D eigenvalue weighted by atomic mass is 9.98. The lowest BCUT2D eigenvalue weighted by molar-refractivity contribution is 1.21. The molecule has 0 aliphatic heterocycles. The van der Waals surface area contributed by atoms with Crippen molar-refractivity contribution in [3.63, 3.8) is 0 Å². The molecule has 0 amide bonds. The van der Waals surface area contributed by atoms with Crippen molar-refractivity contribution in [2.24, 2.45) is 0 Å². The maximum atomic E-state index is 4.44. The minimum absolute atomic E-state index is 1.03. The Bertz CT molecular complexity index is 4230. The van der Waals surface area contributed by atoms with Crippen LogP contribution in [0.2, 0.25) is 0 Å². The van der Waals surface area contributed by atoms with Crippen LogP contribution < -0.4 is 0 Å². The van der Waals surface area contributed by atoms with Crippen LogP contribution in [0.3, 0.4) is 0 Å². The highest BCUT2D eigenvalue weighted by Gasteiger charge is 2.04. The maximum Gasteiger partial charge on any atom is 0.0731 e. The maximum absolute atomic E-state index is 4.44. The van der Waals surface area contributed by atoms with E-state index in [1.165, 1.54) is 88.0 Å². The van der Waals surface area contributed by atoms with Gasteiger partial charge in [0, 0.05) is 46.5 Å². The summed E-state index contributed by atoms with van der Waals surface area (Å²) in [5, 5.41) is 7.86. The molecule has 0 aliphatic rings. The predicted octanol–water partition coefficient (Wildman–Crippen LogP) is 47.4. The molecule has 4 aromatic heterocycles. The van der Waals surface area contributed by atoms with E-state index < -0.39 is 0 Å². The van der Waals surface area contributed by atoms with Gasteiger partial charge in [-0.3, -0.25) is 19.9 Å². The average molecular weight is 1870 g/mol. The predicted molar refractivity (Wildman–Crippen MR) is 652 cm³/mol. The fourth-order valence-corrected chi connectivity index (χ4v) is 9.72. The zero-order valence-electron chi connectivity index (χ0n) is 99.4. The normalized spacial score (nSPS) is 7.60. The standard InChI is InChI=1S/C17H14.4C12H11N.2C10H8.24C2H6/c1-13-9-11-15(12-10-13)17-8-4-6-14-5-2-3-7-16(14)17;1-10-6-5-9-13-12(10)11-7-3-2-4-8-11;1-10-6-5-9-12(13-10)11-7-3-2-4-8-11;1-10-7-8-13-12(9-10)11-5-3-2-4-6-11;1-10-7-8-12(13-9-10)11-5-3-2-4-6-11;2*1-2-6-10-8-4-3-7-9(10)5-1;24*1-2/h2-12H,1H3;4*2-9H,1H3;2*1-8H;24*1-2H3. The summed E-state index contributed by atoms with van der Waals surface area (Å²) in [5.41, 5.74) is 17.5. The second-order valence-electron chi connectivity index (χ2n) is 21.3. The SMILES string of the molecule is CC.CC.CC.CC.CC.CC.CC.CC.CC.CC.CC.CC.CC.CC.CC.CC.CC.CC.CC.CC.CC.CC.CC.CC.Cc1ccc(-c2cccc3ccccc23)cc1.Cc1ccc(-c2ccccc2)nc1.Cc1cccc(-c2ccccc2)n1.Cc1cccnc1-c1ccccc1.Cc1ccnc(-c2ccccc2)c1.c1ccc2ccccc2c1.c1ccc2ccccc2c1. The van der Waals surface area contributed by atoms with Gasteiger partial charge in [0.15, 0.2) is 0 Å². The van der Waals surface area contributed by atoms with Crippen LogP contribution in [0.5, 0.6) is 0 Å². The molecule has 0 atom stereocenters. The van der Waals surface area contributed by atoms with Crippen molar-refractivity contribution >= 4 is 32.3 Å². The van der Waals surface area contributed by atoms with Crippen molar-refractivity contribution in [1.29, 1.82) is 0 Å². The number of hydrogen-bond donors (Lipinski definition) is 0. The van der Waals surface area contributed by atoms with Crippen molar-refractivity contribution in [2.75, 3.05) is 0 Å². The Labute approximate surface area is 855 Å². The van der Waals surface area contributed by atoms with Crippen LogP contribution in [0, 0.1) is 34.6 Å². The first-order valence-electron chi connectivity index (χ1n) is 54.1. The monoisotopic (exact) mass is 1870 g/mol. The van der Waals surface area contributed by atoms with Crippen LogP contribution in [0.15, 0.2) is 358 Å². The summed E-state index contributed by atoms with van der Waals surface area (Å²) in [6.07, 6.45) is 5.56. The minimum Gasteiger partial charge on any atom is -0.256 e. The molecule has 15 rings (SSSR count). The number of hydrogen-bond acceptors (Lipinski definition) is 4. The van der Waals surface area contributed by atoms with Gasteiger partial charge in [-0.1, -0.05) is 641 Å². The molecule has 0 N–H and O–H groups in total. The third kappa shape index (κ3) is 85.0. The molecular formula is C133H218N4. The van der Waals surface area contributed by atoms with Gasteiger partial charge in [0.2, 0.25) is 0 Å². The van der Waals surface area contributed by atoms with Crippen LogP contribution in [0.25, 0.3) is 88.5 Å². The average Bonchev–Trinajstić information content (AvgIpc) is 0.804. The first-order chi connectivity index (χ1) is 67.7. The number of rotatable bonds is 5. The summed E-state index contributed by atoms with van der Waals surface area (Å²) in [6.45, 7) is 106. The molecule has 0 fully saturated rings. The number of aryl methyl sites for hydroxylation is 5. The molecule has 4 nitrogen and oxygen atoms in total. The van der Waals surface area contributed by atoms with Gasteiger partial charge in [0.25, 0.3) is 0 Å². The summed E-state index contributed by atoms with van der Waals surface area (Å²) >= 11 is 0. The van der Waals surface area contributed by atoms with Crippen molar-refractivity contribution in [1.82, 2.24) is 19.9 Å². The second kappa shape index (κ2) is 145. The van der Waals surface area contributed by atoms with Gasteiger partial charge in [0.05, 0.1) is 22.8 Å². The van der Waals surface area contributed by atoms with Crippen LogP contribution in [0.4, 0.5) is 0 Å². The van der Waals surface area contributed by atoms with E-state index in [4.69, 9.17) is 0 Å². The quantitative estimate of drug-likeness (QED) is 0.172. The largest absolute Gasteiger partial charge is 0.256 e. The van der Waals surface area contributed by atoms with Gasteiger partial charge in [-0.25, -0.2) is 0 Å². The second-order valence-corrected chi connectivity index (χ2v) is 21.3. The minimum atomic E-state index is 1.03. The molecule has 0 radical (unpaired) electrons. The van der Waals surface area contributed by atoms with Crippen molar-refractivity contribution in [3.8, 4) is 56.2 Å². The number of nitrogens with zero attached hydrogens (tertiary/aromatic N) is 4. The number of fused-ring (bicyclic) bond motifs is 3. The van der Waals surface area contributed by atoms with E-state index in [0.717, 1.165) is 28.5 Å². The summed E-state index contributed by atoms with van der Waals surface area (Å²) in [6, 6.07) is 116. The summed E-state index contributed by atoms with van der Waals surface area (Å²) in [7, 11) is 0. The Morgan fingerprint density at radius 3 is 0.759 bits per heavy atom. The van der Waals surface area contributed by atoms with Gasteiger partial charge < -0.3 is 0 Å². The Kier molecular flexibility index (Phi) is 172. The summed E-state index contributed by atoms with van der Waals surface area (Å²) in [4.78, 5) is 17.5. The van der Waals surface area contributed by atoms with Crippen LogP contribution in [0.1, 0.15) is 360 Å². The third-order valence-corrected chi connectivity index (χ3v) is 14.5. The highest BCUT2D eigenvalue weighted by molar-refractivity contribution is 5.96. The molecule has 4 heteroatoms. The lowest BCUT2D eigenvalue weighted by Gasteiger charge is -2.07. The molecule has 15 aromatic rings. The molecular weight excluding hydrogens is 1650 g/mol. The molecule has 137 heavy (non-hydrogen) atoms. The highest BCUT2D eigenvalue weighted by Crippen LogP contribution is 2.29. The van der Waals surface area contributed by atoms with Crippen LogP contribution in [-0.2, 0) is 0 Å². The first kappa shape index (κ1) is 163. The molecule has 11 aromatic carbocycles. The van der Waals surface area contributed by atoms with E-state index in [1.54, 1.807) is 0 Å². The highest BCUT2D eigenvalue weighted by atomic mass is 14.7. The zero-order valence-corrected chi connectivity index (χ0v) is 99.4. The summed E-state index contributed by atoms with van der Waals surface area (Å²) in [5.74, 6) is 0. The van der Waals surface area contributed by atoms with Gasteiger partial charge >= 0.3 is 0 Å². The van der Waals surface area contributed by atoms with Crippen molar-refractivity contribution in [2.45, 2.75) is 367 Å². The van der Waals surface area contributed by atoms with E-state index in [2.05, 4.69) is 271 Å². The van der Waals surface area contributed by atoms with E-state index >= 15 is 0 Å².